The Kier molecular flexibility index (Phi) is 6.64. The van der Waals surface area contributed by atoms with Crippen LogP contribution in [-0.4, -0.2) is 36.2 Å². The number of amides is 1. The average molecular weight is 429 g/mol. The lowest BCUT2D eigenvalue weighted by molar-refractivity contribution is -0.121. The minimum atomic E-state index is -4.24. The van der Waals surface area contributed by atoms with E-state index in [0.717, 1.165) is 23.5 Å². The van der Waals surface area contributed by atoms with Crippen LogP contribution in [0.2, 0.25) is 0 Å². The Morgan fingerprint density at radius 2 is 2.04 bits per heavy atom. The van der Waals surface area contributed by atoms with Gasteiger partial charge in [-0.1, -0.05) is 6.07 Å². The molecule has 1 amide bonds. The molecule has 6 N–H and O–H groups in total. The number of hydrogen-bond acceptors (Lipinski definition) is 7. The largest absolute Gasteiger partial charge is 0.476 e. The molecule has 0 radical (unpaired) electrons. The zero-order chi connectivity index (χ0) is 20.9. The summed E-state index contributed by atoms with van der Waals surface area (Å²) in [7, 11) is -4.24. The lowest BCUT2D eigenvalue weighted by Crippen LogP contribution is -2.25. The van der Waals surface area contributed by atoms with Gasteiger partial charge in [0.1, 0.15) is 10.8 Å². The molecule has 2 aromatic rings. The molecule has 10 nitrogen and oxygen atoms in total. The molecule has 0 saturated heterocycles. The van der Waals surface area contributed by atoms with Gasteiger partial charge in [0.05, 0.1) is 16.2 Å². The Bertz CT molecular complexity index is 1020. The summed E-state index contributed by atoms with van der Waals surface area (Å²) in [5, 5.41) is 18.3. The summed E-state index contributed by atoms with van der Waals surface area (Å²) in [5.74, 6) is -2.84. The molecule has 28 heavy (non-hydrogen) atoms. The van der Waals surface area contributed by atoms with Gasteiger partial charge in [-0.2, -0.15) is 0 Å². The van der Waals surface area contributed by atoms with E-state index < -0.39 is 38.3 Å². The number of carbonyl (C=O) groups is 2. The van der Waals surface area contributed by atoms with Crippen molar-refractivity contribution in [2.75, 3.05) is 4.72 Å². The lowest BCUT2D eigenvalue weighted by Gasteiger charge is -2.10. The van der Waals surface area contributed by atoms with Gasteiger partial charge in [0.2, 0.25) is 5.91 Å². The summed E-state index contributed by atoms with van der Waals surface area (Å²) in [4.78, 5) is 25.7. The number of sulfonamides is 1. The Hall–Kier alpha value is -3.06. The fourth-order valence-electron chi connectivity index (χ4n) is 2.02. The van der Waals surface area contributed by atoms with Crippen LogP contribution in [-0.2, 0) is 21.4 Å². The third-order valence-corrected chi connectivity index (χ3v) is 5.65. The van der Waals surface area contributed by atoms with Crippen LogP contribution in [0.15, 0.2) is 28.6 Å². The number of aromatic carboxylic acids is 1. The number of nitrogens with one attached hydrogen (secondary N) is 3. The number of carbonyl (C=O) groups excluding carboxylic acids is 1. The maximum atomic E-state index is 14.2. The molecule has 0 unspecified atom stereocenters. The van der Waals surface area contributed by atoms with Crippen LogP contribution in [0.1, 0.15) is 28.9 Å². The van der Waals surface area contributed by atoms with E-state index >= 15 is 0 Å². The molecule has 13 heteroatoms. The van der Waals surface area contributed by atoms with Gasteiger partial charge in [-0.3, -0.25) is 14.9 Å². The van der Waals surface area contributed by atoms with E-state index in [1.165, 1.54) is 11.6 Å². The quantitative estimate of drug-likeness (QED) is 0.293. The van der Waals surface area contributed by atoms with E-state index in [9.17, 15) is 22.4 Å². The van der Waals surface area contributed by atoms with Crippen molar-refractivity contribution < 1.29 is 27.5 Å². The van der Waals surface area contributed by atoms with Crippen LogP contribution >= 0.6 is 11.3 Å². The predicted molar refractivity (Wildman–Crippen MR) is 99.3 cm³/mol. The molecule has 0 spiro atoms. The SMILES string of the molecule is N=C(N)CCC(=O)NCc1ccc(S(=O)(=O)Nc2scnc2C(=O)O)cc1F. The van der Waals surface area contributed by atoms with Crippen LogP contribution in [0, 0.1) is 11.2 Å². The Morgan fingerprint density at radius 1 is 1.32 bits per heavy atom. The van der Waals surface area contributed by atoms with Gasteiger partial charge >= 0.3 is 5.97 Å². The molecule has 0 bridgehead atoms. The van der Waals surface area contributed by atoms with Crippen LogP contribution in [0.3, 0.4) is 0 Å². The highest BCUT2D eigenvalue weighted by atomic mass is 32.2. The van der Waals surface area contributed by atoms with Crippen LogP contribution in [0.4, 0.5) is 9.39 Å². The number of anilines is 1. The highest BCUT2D eigenvalue weighted by Gasteiger charge is 2.22. The van der Waals surface area contributed by atoms with Crippen LogP contribution < -0.4 is 15.8 Å². The second-order valence-electron chi connectivity index (χ2n) is 5.50. The highest BCUT2D eigenvalue weighted by molar-refractivity contribution is 7.93. The number of aromatic nitrogens is 1. The van der Waals surface area contributed by atoms with E-state index in [1.54, 1.807) is 0 Å². The number of carboxylic acid groups (broad SMARTS) is 1. The van der Waals surface area contributed by atoms with E-state index in [2.05, 4.69) is 15.0 Å². The first-order valence-corrected chi connectivity index (χ1v) is 10.0. The fraction of sp³-hybridized carbons (Fsp3) is 0.200. The van der Waals surface area contributed by atoms with Gasteiger partial charge in [0.15, 0.2) is 5.69 Å². The summed E-state index contributed by atoms with van der Waals surface area (Å²) in [6.45, 7) is -0.172. The van der Waals surface area contributed by atoms with Gasteiger partial charge < -0.3 is 16.2 Å². The number of nitrogens with zero attached hydrogens (tertiary/aromatic N) is 1. The number of thiazole rings is 1. The molecule has 0 fully saturated rings. The summed E-state index contributed by atoms with van der Waals surface area (Å²) in [6.07, 6.45) is 0.0567. The van der Waals surface area contributed by atoms with Gasteiger partial charge in [-0.05, 0) is 12.1 Å². The molecular formula is C15H16FN5O5S2. The minimum absolute atomic E-state index is 0.0197. The second kappa shape index (κ2) is 8.75. The topological polar surface area (TPSA) is 175 Å². The average Bonchev–Trinajstić information content (AvgIpc) is 3.06. The molecule has 1 aromatic heterocycles. The summed E-state index contributed by atoms with van der Waals surface area (Å²) in [6, 6.07) is 3.09. The third kappa shape index (κ3) is 5.47. The van der Waals surface area contributed by atoms with Gasteiger partial charge in [-0.25, -0.2) is 22.6 Å². The number of carboxylic acids is 1. The van der Waals surface area contributed by atoms with Crippen molar-refractivity contribution in [2.24, 2.45) is 5.73 Å². The Balaban J connectivity index is 2.10. The standard InChI is InChI=1S/C15H16FN5O5S2/c16-10-5-9(2-1-8(10)6-19-12(22)4-3-11(17)18)28(25,26)21-14-13(15(23)24)20-7-27-14/h1-2,5,7,21H,3-4,6H2,(H3,17,18)(H,19,22)(H,23,24). The number of hydrogen-bond donors (Lipinski definition) is 5. The molecule has 0 aliphatic rings. The zero-order valence-corrected chi connectivity index (χ0v) is 15.9. The normalized spacial score (nSPS) is 11.0. The number of rotatable bonds is 9. The minimum Gasteiger partial charge on any atom is -0.476 e. The van der Waals surface area contributed by atoms with Crippen LogP contribution in [0.5, 0.6) is 0 Å². The number of halogens is 1. The first kappa shape index (κ1) is 21.2. The summed E-state index contributed by atoms with van der Waals surface area (Å²) in [5.41, 5.74) is 5.91. The Morgan fingerprint density at radius 3 is 2.64 bits per heavy atom. The second-order valence-corrected chi connectivity index (χ2v) is 8.03. The van der Waals surface area contributed by atoms with E-state index in [1.807, 2.05) is 0 Å². The first-order chi connectivity index (χ1) is 13.1. The predicted octanol–water partition coefficient (Wildman–Crippen LogP) is 1.11. The molecule has 150 valence electrons. The lowest BCUT2D eigenvalue weighted by atomic mass is 10.2. The highest BCUT2D eigenvalue weighted by Crippen LogP contribution is 2.24. The van der Waals surface area contributed by atoms with Gasteiger partial charge in [-0.15, -0.1) is 11.3 Å². The molecular weight excluding hydrogens is 413 g/mol. The van der Waals surface area contributed by atoms with E-state index in [-0.39, 0.29) is 35.8 Å². The van der Waals surface area contributed by atoms with E-state index in [4.69, 9.17) is 16.2 Å². The number of nitrogens with two attached hydrogens (primary N) is 1. The van der Waals surface area contributed by atoms with Crippen molar-refractivity contribution in [2.45, 2.75) is 24.3 Å². The van der Waals surface area contributed by atoms with Gasteiger partial charge in [0.25, 0.3) is 10.0 Å². The van der Waals surface area contributed by atoms with Gasteiger partial charge in [0, 0.05) is 24.9 Å². The number of benzene rings is 1. The third-order valence-electron chi connectivity index (χ3n) is 3.43. The smallest absolute Gasteiger partial charge is 0.357 e. The molecule has 0 aliphatic carbocycles. The fourth-order valence-corrected chi connectivity index (χ4v) is 4.02. The Labute approximate surface area is 163 Å². The number of amidine groups is 1. The van der Waals surface area contributed by atoms with Crippen molar-refractivity contribution in [1.29, 1.82) is 5.41 Å². The molecule has 0 aliphatic heterocycles. The first-order valence-electron chi connectivity index (χ1n) is 7.67. The van der Waals surface area contributed by atoms with Crippen molar-refractivity contribution in [3.63, 3.8) is 0 Å². The summed E-state index contributed by atoms with van der Waals surface area (Å²) < 4.78 is 41.0. The molecule has 1 aromatic carbocycles. The maximum absolute atomic E-state index is 14.2. The van der Waals surface area contributed by atoms with Crippen molar-refractivity contribution in [3.05, 3.63) is 40.8 Å². The molecule has 0 atom stereocenters. The van der Waals surface area contributed by atoms with Crippen molar-refractivity contribution in [3.8, 4) is 0 Å². The molecule has 1 heterocycles. The monoisotopic (exact) mass is 429 g/mol. The van der Waals surface area contributed by atoms with Crippen LogP contribution in [0.25, 0.3) is 0 Å². The molecule has 2 rings (SSSR count). The van der Waals surface area contributed by atoms with Crippen molar-refractivity contribution in [1.82, 2.24) is 10.3 Å². The maximum Gasteiger partial charge on any atom is 0.357 e. The van der Waals surface area contributed by atoms with E-state index in [0.29, 0.717) is 0 Å². The summed E-state index contributed by atoms with van der Waals surface area (Å²) >= 11 is 0.777. The zero-order valence-electron chi connectivity index (χ0n) is 14.2. The van der Waals surface area contributed by atoms with Crippen molar-refractivity contribution >= 4 is 44.1 Å². The molecule has 0 saturated carbocycles.